The number of benzene rings is 2. The Balaban J connectivity index is 1.58. The molecular formula is C21H23F3N2O2. The number of ether oxygens (including phenoxy) is 1. The van der Waals surface area contributed by atoms with Gasteiger partial charge in [-0.05, 0) is 47.6 Å². The monoisotopic (exact) mass is 392 g/mol. The molecule has 0 radical (unpaired) electrons. The lowest BCUT2D eigenvalue weighted by Gasteiger charge is -2.22. The van der Waals surface area contributed by atoms with E-state index in [1.54, 1.807) is 24.3 Å². The normalized spacial score (nSPS) is 15.2. The molecule has 3 rings (SSSR count). The third kappa shape index (κ3) is 5.99. The predicted octanol–water partition coefficient (Wildman–Crippen LogP) is 5.01. The molecule has 2 amide bonds. The second kappa shape index (κ2) is 9.10. The summed E-state index contributed by atoms with van der Waals surface area (Å²) in [4.78, 5) is 12.2. The smallest absolute Gasteiger partial charge is 0.381 e. The van der Waals surface area contributed by atoms with E-state index in [9.17, 15) is 18.0 Å². The van der Waals surface area contributed by atoms with Crippen molar-refractivity contribution >= 4 is 11.7 Å². The van der Waals surface area contributed by atoms with E-state index in [1.165, 1.54) is 6.07 Å². The van der Waals surface area contributed by atoms with Gasteiger partial charge in [-0.25, -0.2) is 4.79 Å². The SMILES string of the molecule is O=C(NCc1ccccc1CC(F)(F)F)Nc1cccc(C2CCOCC2)c1. The average Bonchev–Trinajstić information content (AvgIpc) is 2.67. The van der Waals surface area contributed by atoms with Gasteiger partial charge in [-0.1, -0.05) is 36.4 Å². The van der Waals surface area contributed by atoms with Gasteiger partial charge in [0.15, 0.2) is 0 Å². The summed E-state index contributed by atoms with van der Waals surface area (Å²) in [5.41, 5.74) is 2.42. The van der Waals surface area contributed by atoms with Gasteiger partial charge in [0.25, 0.3) is 0 Å². The second-order valence-corrected chi connectivity index (χ2v) is 6.88. The van der Waals surface area contributed by atoms with Gasteiger partial charge < -0.3 is 15.4 Å². The van der Waals surface area contributed by atoms with E-state index in [4.69, 9.17) is 4.74 Å². The van der Waals surface area contributed by atoms with Gasteiger partial charge in [0, 0.05) is 25.4 Å². The summed E-state index contributed by atoms with van der Waals surface area (Å²) in [6, 6.07) is 13.4. The van der Waals surface area contributed by atoms with E-state index in [-0.39, 0.29) is 12.1 Å². The van der Waals surface area contributed by atoms with Gasteiger partial charge in [-0.3, -0.25) is 0 Å². The van der Waals surface area contributed by atoms with E-state index in [0.29, 0.717) is 17.2 Å². The van der Waals surface area contributed by atoms with E-state index in [2.05, 4.69) is 10.6 Å². The molecule has 4 nitrogen and oxygen atoms in total. The Kier molecular flexibility index (Phi) is 6.57. The van der Waals surface area contributed by atoms with Crippen LogP contribution >= 0.6 is 0 Å². The van der Waals surface area contributed by atoms with E-state index < -0.39 is 18.6 Å². The Bertz CT molecular complexity index is 802. The Labute approximate surface area is 162 Å². The van der Waals surface area contributed by atoms with Crippen LogP contribution < -0.4 is 10.6 Å². The molecule has 0 saturated carbocycles. The van der Waals surface area contributed by atoms with Crippen LogP contribution in [-0.2, 0) is 17.7 Å². The molecule has 0 bridgehead atoms. The Hall–Kier alpha value is -2.54. The molecule has 0 aromatic heterocycles. The molecule has 1 aliphatic rings. The number of hydrogen-bond donors (Lipinski definition) is 2. The predicted molar refractivity (Wildman–Crippen MR) is 101 cm³/mol. The van der Waals surface area contributed by atoms with Crippen LogP contribution in [0.5, 0.6) is 0 Å². The maximum absolute atomic E-state index is 12.7. The first-order valence-corrected chi connectivity index (χ1v) is 9.27. The number of amides is 2. The van der Waals surface area contributed by atoms with E-state index in [0.717, 1.165) is 31.6 Å². The third-order valence-electron chi connectivity index (χ3n) is 4.79. The first-order chi connectivity index (χ1) is 13.4. The fourth-order valence-electron chi connectivity index (χ4n) is 3.37. The summed E-state index contributed by atoms with van der Waals surface area (Å²) in [6.07, 6.45) is -3.40. The second-order valence-electron chi connectivity index (χ2n) is 6.88. The fourth-order valence-corrected chi connectivity index (χ4v) is 3.37. The molecule has 1 aliphatic heterocycles. The van der Waals surface area contributed by atoms with Crippen LogP contribution in [0, 0.1) is 0 Å². The number of carbonyl (C=O) groups excluding carboxylic acids is 1. The number of alkyl halides is 3. The van der Waals surface area contributed by atoms with Crippen molar-refractivity contribution in [1.82, 2.24) is 5.32 Å². The Morgan fingerprint density at radius 3 is 2.46 bits per heavy atom. The van der Waals surface area contributed by atoms with Crippen LogP contribution in [0.4, 0.5) is 23.7 Å². The summed E-state index contributed by atoms with van der Waals surface area (Å²) in [5, 5.41) is 5.39. The van der Waals surface area contributed by atoms with Crippen molar-refractivity contribution in [2.24, 2.45) is 0 Å². The number of carbonyl (C=O) groups is 1. The first-order valence-electron chi connectivity index (χ1n) is 9.27. The zero-order chi connectivity index (χ0) is 20.0. The van der Waals surface area contributed by atoms with Crippen molar-refractivity contribution in [3.05, 3.63) is 65.2 Å². The number of hydrogen-bond acceptors (Lipinski definition) is 2. The molecule has 0 unspecified atom stereocenters. The number of rotatable bonds is 5. The maximum atomic E-state index is 12.7. The van der Waals surface area contributed by atoms with Crippen molar-refractivity contribution in [3.63, 3.8) is 0 Å². The minimum atomic E-state index is -4.29. The molecule has 150 valence electrons. The molecule has 1 saturated heterocycles. The van der Waals surface area contributed by atoms with Crippen LogP contribution in [-0.4, -0.2) is 25.4 Å². The lowest BCUT2D eigenvalue weighted by molar-refractivity contribution is -0.127. The van der Waals surface area contributed by atoms with Crippen molar-refractivity contribution in [2.75, 3.05) is 18.5 Å². The summed E-state index contributed by atoms with van der Waals surface area (Å²) < 4.78 is 43.5. The van der Waals surface area contributed by atoms with E-state index in [1.807, 2.05) is 18.2 Å². The standard InChI is InChI=1S/C21H23F3N2O2/c22-21(23,24)13-17-4-1-2-5-18(17)14-25-20(27)26-19-7-3-6-16(12-19)15-8-10-28-11-9-15/h1-7,12,15H,8-11,13-14H2,(H2,25,26,27). The molecule has 1 heterocycles. The van der Waals surface area contributed by atoms with Crippen molar-refractivity contribution in [2.45, 2.75) is 37.9 Å². The van der Waals surface area contributed by atoms with Gasteiger partial charge in [0.05, 0.1) is 6.42 Å². The van der Waals surface area contributed by atoms with Crippen LogP contribution in [0.1, 0.15) is 35.4 Å². The number of anilines is 1. The Morgan fingerprint density at radius 1 is 1.04 bits per heavy atom. The molecule has 0 aliphatic carbocycles. The zero-order valence-corrected chi connectivity index (χ0v) is 15.4. The summed E-state index contributed by atoms with van der Waals surface area (Å²) in [5.74, 6) is 0.410. The van der Waals surface area contributed by atoms with Gasteiger partial charge in [0.1, 0.15) is 0 Å². The average molecular weight is 392 g/mol. The molecule has 1 fully saturated rings. The van der Waals surface area contributed by atoms with E-state index >= 15 is 0 Å². The summed E-state index contributed by atoms with van der Waals surface area (Å²) >= 11 is 0. The van der Waals surface area contributed by atoms with Crippen LogP contribution in [0.25, 0.3) is 0 Å². The number of nitrogens with one attached hydrogen (secondary N) is 2. The molecule has 2 aromatic rings. The molecule has 0 spiro atoms. The zero-order valence-electron chi connectivity index (χ0n) is 15.4. The summed E-state index contributed by atoms with van der Waals surface area (Å²) in [6.45, 7) is 1.50. The lowest BCUT2D eigenvalue weighted by atomic mass is 9.91. The quantitative estimate of drug-likeness (QED) is 0.752. The van der Waals surface area contributed by atoms with Crippen LogP contribution in [0.3, 0.4) is 0 Å². The van der Waals surface area contributed by atoms with Gasteiger partial charge in [-0.15, -0.1) is 0 Å². The van der Waals surface area contributed by atoms with Crippen LogP contribution in [0.15, 0.2) is 48.5 Å². The maximum Gasteiger partial charge on any atom is 0.393 e. The fraction of sp³-hybridized carbons (Fsp3) is 0.381. The lowest BCUT2D eigenvalue weighted by Crippen LogP contribution is -2.29. The third-order valence-corrected chi connectivity index (χ3v) is 4.79. The highest BCUT2D eigenvalue weighted by Crippen LogP contribution is 2.28. The van der Waals surface area contributed by atoms with Crippen molar-refractivity contribution in [1.29, 1.82) is 0 Å². The highest BCUT2D eigenvalue weighted by atomic mass is 19.4. The van der Waals surface area contributed by atoms with Gasteiger partial charge >= 0.3 is 12.2 Å². The first kappa shape index (κ1) is 20.2. The molecule has 0 atom stereocenters. The molecule has 2 N–H and O–H groups in total. The number of urea groups is 1. The number of halogens is 3. The molecule has 28 heavy (non-hydrogen) atoms. The van der Waals surface area contributed by atoms with Gasteiger partial charge in [0.2, 0.25) is 0 Å². The largest absolute Gasteiger partial charge is 0.393 e. The van der Waals surface area contributed by atoms with Gasteiger partial charge in [-0.2, -0.15) is 13.2 Å². The minimum absolute atomic E-state index is 0.0255. The molecule has 2 aromatic carbocycles. The van der Waals surface area contributed by atoms with Crippen LogP contribution in [0.2, 0.25) is 0 Å². The summed E-state index contributed by atoms with van der Waals surface area (Å²) in [7, 11) is 0. The topological polar surface area (TPSA) is 50.4 Å². The highest BCUT2D eigenvalue weighted by molar-refractivity contribution is 5.89. The highest BCUT2D eigenvalue weighted by Gasteiger charge is 2.28. The Morgan fingerprint density at radius 2 is 1.75 bits per heavy atom. The van der Waals surface area contributed by atoms with Crippen molar-refractivity contribution in [3.8, 4) is 0 Å². The molecular weight excluding hydrogens is 369 g/mol. The minimum Gasteiger partial charge on any atom is -0.381 e. The molecule has 7 heteroatoms. The van der Waals surface area contributed by atoms with Crippen molar-refractivity contribution < 1.29 is 22.7 Å².